The number of hydrogen-bond donors (Lipinski definition) is 2. The molecule has 1 heterocycles. The summed E-state index contributed by atoms with van der Waals surface area (Å²) in [5.41, 5.74) is 7.42. The highest BCUT2D eigenvalue weighted by molar-refractivity contribution is 6.87. The van der Waals surface area contributed by atoms with Crippen molar-refractivity contribution in [3.8, 4) is 17.2 Å². The smallest absolute Gasteiger partial charge is 0.142 e. The predicted octanol–water partition coefficient (Wildman–Crippen LogP) is 8.08. The molecule has 5 atom stereocenters. The summed E-state index contributed by atoms with van der Waals surface area (Å²) in [7, 11) is 0.150. The van der Waals surface area contributed by atoms with Crippen molar-refractivity contribution < 1.29 is 9.84 Å². The number of fused-ring (bicyclic) bond motifs is 5. The molecule has 1 aromatic carbocycles. The molecule has 5 aliphatic rings. The quantitative estimate of drug-likeness (QED) is 0.170. The lowest BCUT2D eigenvalue weighted by Gasteiger charge is -2.52. The monoisotopic (exact) mass is 604 g/mol. The maximum atomic E-state index is 12.4. The fraction of sp³-hybridized carbons (Fsp3) is 0.789. The summed E-state index contributed by atoms with van der Waals surface area (Å²) in [6, 6.07) is 8.67. The van der Waals surface area contributed by atoms with E-state index in [1.807, 2.05) is 7.11 Å². The molecular formula is C38H60N2O2Si. The van der Waals surface area contributed by atoms with Gasteiger partial charge in [0, 0.05) is 31.6 Å². The van der Waals surface area contributed by atoms with Crippen molar-refractivity contribution in [2.45, 2.75) is 134 Å². The third-order valence-electron chi connectivity index (χ3n) is 13.5. The van der Waals surface area contributed by atoms with E-state index in [1.165, 1.54) is 87.2 Å². The normalized spacial score (nSPS) is 32.5. The van der Waals surface area contributed by atoms with Crippen molar-refractivity contribution >= 4 is 13.8 Å². The molecule has 0 radical (unpaired) electrons. The number of piperazine rings is 1. The summed E-state index contributed by atoms with van der Waals surface area (Å²) in [5.74, 6) is 7.61. The molecule has 1 saturated heterocycles. The van der Waals surface area contributed by atoms with E-state index in [0.717, 1.165) is 63.5 Å². The Hall–Kier alpha value is -1.48. The molecule has 3 unspecified atom stereocenters. The van der Waals surface area contributed by atoms with Crippen LogP contribution in [0.4, 0.5) is 5.69 Å². The number of unbranched alkanes of at least 4 members (excludes halogenated alkanes) is 1. The van der Waals surface area contributed by atoms with E-state index in [9.17, 15) is 5.11 Å². The van der Waals surface area contributed by atoms with Crippen molar-refractivity contribution in [1.29, 1.82) is 0 Å². The highest BCUT2D eigenvalue weighted by atomic mass is 28.3. The van der Waals surface area contributed by atoms with E-state index in [4.69, 9.17) is 4.74 Å². The van der Waals surface area contributed by atoms with Gasteiger partial charge in [0.05, 0.1) is 12.8 Å². The molecule has 2 N–H and O–H groups in total. The Kier molecular flexibility index (Phi) is 9.59. The van der Waals surface area contributed by atoms with Crippen molar-refractivity contribution in [3.05, 3.63) is 23.3 Å². The number of aryl methyl sites for hydroxylation is 1. The number of anilines is 1. The summed E-state index contributed by atoms with van der Waals surface area (Å²) in [6.07, 6.45) is 16.7. The standard InChI is InChI=1S/C38H60N2O2Si/c1-5-43(6-2,25-10-9-13-29-11-7-8-12-29)26-20-38(41)19-17-34-32-15-14-30-27-36(42-4)35(40-23-21-39-22-24-40)28-33(30)31(32)16-18-37(34,38)3/h27-29,31-32,34,39,41H,5-19,21-25H2,1-4H3/t31?,32?,34?,37-,38+/m0/s1. The number of methoxy groups -OCH3 is 1. The molecule has 4 aliphatic carbocycles. The molecule has 43 heavy (non-hydrogen) atoms. The summed E-state index contributed by atoms with van der Waals surface area (Å²) >= 11 is 0. The van der Waals surface area contributed by atoms with Crippen molar-refractivity contribution in [2.24, 2.45) is 23.2 Å². The van der Waals surface area contributed by atoms with E-state index < -0.39 is 13.7 Å². The van der Waals surface area contributed by atoms with Crippen molar-refractivity contribution in [1.82, 2.24) is 5.32 Å². The van der Waals surface area contributed by atoms with Gasteiger partial charge in [0.1, 0.15) is 19.4 Å². The van der Waals surface area contributed by atoms with Gasteiger partial charge in [-0.3, -0.25) is 0 Å². The number of aliphatic hydroxyl groups is 1. The van der Waals surface area contributed by atoms with Gasteiger partial charge in [0.15, 0.2) is 0 Å². The molecule has 6 rings (SSSR count). The van der Waals surface area contributed by atoms with Gasteiger partial charge in [-0.15, -0.1) is 5.54 Å². The molecule has 0 spiro atoms. The Morgan fingerprint density at radius 3 is 2.51 bits per heavy atom. The number of benzene rings is 1. The number of nitrogens with one attached hydrogen (secondary N) is 1. The maximum Gasteiger partial charge on any atom is 0.142 e. The first-order chi connectivity index (χ1) is 20.9. The van der Waals surface area contributed by atoms with Crippen LogP contribution >= 0.6 is 0 Å². The molecule has 1 aliphatic heterocycles. The van der Waals surface area contributed by atoms with E-state index in [0.29, 0.717) is 17.8 Å². The van der Waals surface area contributed by atoms with Crippen LogP contribution in [0.3, 0.4) is 0 Å². The highest BCUT2D eigenvalue weighted by Crippen LogP contribution is 2.64. The van der Waals surface area contributed by atoms with Crippen LogP contribution < -0.4 is 15.0 Å². The van der Waals surface area contributed by atoms with E-state index >= 15 is 0 Å². The zero-order valence-corrected chi connectivity index (χ0v) is 28.9. The Bertz CT molecular complexity index is 1170. The van der Waals surface area contributed by atoms with Gasteiger partial charge >= 0.3 is 0 Å². The molecule has 0 aromatic heterocycles. The van der Waals surface area contributed by atoms with Crippen molar-refractivity contribution in [3.63, 3.8) is 0 Å². The number of rotatable bonds is 9. The number of hydrogen-bond acceptors (Lipinski definition) is 4. The molecule has 0 bridgehead atoms. The molecule has 0 amide bonds. The fourth-order valence-corrected chi connectivity index (χ4v) is 13.5. The Morgan fingerprint density at radius 1 is 1.02 bits per heavy atom. The predicted molar refractivity (Wildman–Crippen MR) is 183 cm³/mol. The molecule has 1 aromatic rings. The van der Waals surface area contributed by atoms with Gasteiger partial charge in [-0.1, -0.05) is 71.6 Å². The largest absolute Gasteiger partial charge is 0.495 e. The minimum atomic E-state index is -1.68. The minimum absolute atomic E-state index is 0.0867. The molecule has 3 saturated carbocycles. The van der Waals surface area contributed by atoms with Crippen molar-refractivity contribution in [2.75, 3.05) is 38.2 Å². The molecule has 4 fully saturated rings. The van der Waals surface area contributed by atoms with Gasteiger partial charge in [-0.05, 0) is 104 Å². The van der Waals surface area contributed by atoms with Crippen LogP contribution in [0.1, 0.15) is 115 Å². The summed E-state index contributed by atoms with van der Waals surface area (Å²) in [6.45, 7) is 11.3. The van der Waals surface area contributed by atoms with Crippen LogP contribution in [-0.4, -0.2) is 52.1 Å². The van der Waals surface area contributed by atoms with Gasteiger partial charge in [-0.25, -0.2) is 0 Å². The summed E-state index contributed by atoms with van der Waals surface area (Å²) in [5, 5.41) is 15.9. The average molecular weight is 605 g/mol. The average Bonchev–Trinajstić information content (AvgIpc) is 3.66. The van der Waals surface area contributed by atoms with Crippen LogP contribution in [0.15, 0.2) is 12.1 Å². The van der Waals surface area contributed by atoms with Gasteiger partial charge in [0.25, 0.3) is 0 Å². The second-order valence-corrected chi connectivity index (χ2v) is 20.1. The maximum absolute atomic E-state index is 12.4. The highest BCUT2D eigenvalue weighted by Gasteiger charge is 2.61. The number of ether oxygens (including phenoxy) is 1. The second-order valence-electron chi connectivity index (χ2n) is 15.4. The van der Waals surface area contributed by atoms with E-state index in [-0.39, 0.29) is 5.41 Å². The van der Waals surface area contributed by atoms with E-state index in [2.05, 4.69) is 54.6 Å². The van der Waals surface area contributed by atoms with Gasteiger partial charge < -0.3 is 20.1 Å². The number of nitrogens with zero attached hydrogens (tertiary/aromatic N) is 1. The fourth-order valence-electron chi connectivity index (χ4n) is 10.4. The zero-order valence-electron chi connectivity index (χ0n) is 27.9. The Morgan fingerprint density at radius 2 is 1.79 bits per heavy atom. The molecular weight excluding hydrogens is 545 g/mol. The summed E-state index contributed by atoms with van der Waals surface area (Å²) in [4.78, 5) is 2.52. The van der Waals surface area contributed by atoms with Gasteiger partial charge in [0.2, 0.25) is 0 Å². The third kappa shape index (κ3) is 5.95. The minimum Gasteiger partial charge on any atom is -0.495 e. The van der Waals surface area contributed by atoms with Gasteiger partial charge in [-0.2, -0.15) is 0 Å². The van der Waals surface area contributed by atoms with Crippen LogP contribution in [0, 0.1) is 34.6 Å². The third-order valence-corrected chi connectivity index (χ3v) is 18.2. The second kappa shape index (κ2) is 13.1. The lowest BCUT2D eigenvalue weighted by molar-refractivity contribution is -0.0647. The first kappa shape index (κ1) is 31.5. The lowest BCUT2D eigenvalue weighted by Crippen LogP contribution is -2.50. The molecule has 4 nitrogen and oxygen atoms in total. The first-order valence-electron chi connectivity index (χ1n) is 18.3. The zero-order chi connectivity index (χ0) is 30.1. The van der Waals surface area contributed by atoms with Crippen LogP contribution in [0.25, 0.3) is 0 Å². The Labute approximate surface area is 264 Å². The first-order valence-corrected chi connectivity index (χ1v) is 20.9. The molecule has 238 valence electrons. The SMILES string of the molecule is CC[Si](C#C[C@]1(O)CCC2C3CCc4cc(OC)c(N5CCNCC5)cc4C3CC[C@@]21C)(CC)CCCCC1CCCC1. The van der Waals surface area contributed by atoms with Crippen LogP contribution in [-0.2, 0) is 6.42 Å². The van der Waals surface area contributed by atoms with Crippen LogP contribution in [0.5, 0.6) is 5.75 Å². The summed E-state index contributed by atoms with van der Waals surface area (Å²) < 4.78 is 5.93. The molecule has 5 heteroatoms. The lowest BCUT2D eigenvalue weighted by atomic mass is 9.53. The topological polar surface area (TPSA) is 44.7 Å². The Balaban J connectivity index is 1.19. The van der Waals surface area contributed by atoms with E-state index in [1.54, 1.807) is 5.56 Å². The van der Waals surface area contributed by atoms with Crippen LogP contribution in [0.2, 0.25) is 18.1 Å².